The fraction of sp³-hybridized carbons (Fsp3) is 0.182. The van der Waals surface area contributed by atoms with Gasteiger partial charge in [-0.3, -0.25) is 0 Å². The highest BCUT2D eigenvalue weighted by Crippen LogP contribution is 2.42. The molecule has 2 heterocycles. The summed E-state index contributed by atoms with van der Waals surface area (Å²) >= 11 is 8.07. The Hall–Kier alpha value is -0.630. The van der Waals surface area contributed by atoms with Crippen LogP contribution in [0.5, 0.6) is 11.5 Å². The number of hydrogen-bond acceptors (Lipinski definition) is 5. The van der Waals surface area contributed by atoms with E-state index < -0.39 is 6.10 Å². The number of benzene rings is 1. The fourth-order valence-electron chi connectivity index (χ4n) is 1.68. The Labute approximate surface area is 124 Å². The van der Waals surface area contributed by atoms with Gasteiger partial charge in [-0.2, -0.15) is 0 Å². The predicted molar refractivity (Wildman–Crippen MR) is 74.1 cm³/mol. The van der Waals surface area contributed by atoms with Crippen LogP contribution in [0.15, 0.2) is 26.6 Å². The van der Waals surface area contributed by atoms with E-state index in [0.29, 0.717) is 22.1 Å². The molecule has 3 rings (SSSR count). The molecule has 0 saturated carbocycles. The number of fused-ring (bicyclic) bond motifs is 1. The van der Waals surface area contributed by atoms with Gasteiger partial charge in [0, 0.05) is 5.38 Å². The minimum Gasteiger partial charge on any atom is -0.454 e. The standard InChI is InChI=1S/C11H7Br2NO3S/c12-6-1-5(2-7-10(6)17-4-16-7)9(15)11-14-8(13)3-18-11/h1-3,9,15H,4H2. The van der Waals surface area contributed by atoms with Gasteiger partial charge >= 0.3 is 0 Å². The summed E-state index contributed by atoms with van der Waals surface area (Å²) in [5.41, 5.74) is 0.716. The Balaban J connectivity index is 2.00. The Bertz CT molecular complexity index is 602. The van der Waals surface area contributed by atoms with E-state index in [2.05, 4.69) is 36.8 Å². The van der Waals surface area contributed by atoms with Gasteiger partial charge in [-0.15, -0.1) is 11.3 Å². The number of halogens is 2. The van der Waals surface area contributed by atoms with Crippen molar-refractivity contribution in [3.05, 3.63) is 37.2 Å². The van der Waals surface area contributed by atoms with E-state index in [1.165, 1.54) is 11.3 Å². The molecule has 0 amide bonds. The maximum atomic E-state index is 10.3. The first-order valence-corrected chi connectivity index (χ1v) is 7.50. The van der Waals surface area contributed by atoms with Gasteiger partial charge in [0.15, 0.2) is 11.5 Å². The van der Waals surface area contributed by atoms with Gasteiger partial charge in [-0.1, -0.05) is 0 Å². The Morgan fingerprint density at radius 1 is 1.33 bits per heavy atom. The molecule has 1 atom stereocenters. The van der Waals surface area contributed by atoms with E-state index in [9.17, 15) is 5.11 Å². The quantitative estimate of drug-likeness (QED) is 0.849. The minimum atomic E-state index is -0.771. The molecule has 0 bridgehead atoms. The maximum Gasteiger partial charge on any atom is 0.231 e. The second kappa shape index (κ2) is 4.80. The molecule has 0 fully saturated rings. The van der Waals surface area contributed by atoms with Gasteiger partial charge in [0.2, 0.25) is 6.79 Å². The molecule has 94 valence electrons. The van der Waals surface area contributed by atoms with Crippen LogP contribution in [-0.4, -0.2) is 16.9 Å². The molecule has 1 aromatic carbocycles. The third-order valence-electron chi connectivity index (χ3n) is 2.49. The third-order valence-corrected chi connectivity index (χ3v) is 4.69. The molecule has 2 aromatic rings. The highest BCUT2D eigenvalue weighted by atomic mass is 79.9. The van der Waals surface area contributed by atoms with Crippen molar-refractivity contribution in [3.63, 3.8) is 0 Å². The van der Waals surface area contributed by atoms with Crippen molar-refractivity contribution in [2.75, 3.05) is 6.79 Å². The largest absolute Gasteiger partial charge is 0.454 e. The summed E-state index contributed by atoms with van der Waals surface area (Å²) in [5, 5.41) is 12.7. The van der Waals surface area contributed by atoms with Crippen LogP contribution in [0.3, 0.4) is 0 Å². The maximum absolute atomic E-state index is 10.3. The predicted octanol–water partition coefficient (Wildman–Crippen LogP) is 3.48. The lowest BCUT2D eigenvalue weighted by molar-refractivity contribution is 0.173. The number of aliphatic hydroxyl groups is 1. The summed E-state index contributed by atoms with van der Waals surface area (Å²) in [4.78, 5) is 4.21. The van der Waals surface area contributed by atoms with E-state index >= 15 is 0 Å². The van der Waals surface area contributed by atoms with Crippen molar-refractivity contribution >= 4 is 43.2 Å². The Morgan fingerprint density at radius 2 is 2.17 bits per heavy atom. The average Bonchev–Trinajstić information content (AvgIpc) is 2.96. The van der Waals surface area contributed by atoms with Gasteiger partial charge < -0.3 is 14.6 Å². The van der Waals surface area contributed by atoms with Crippen molar-refractivity contribution < 1.29 is 14.6 Å². The molecule has 1 unspecified atom stereocenters. The minimum absolute atomic E-state index is 0.205. The van der Waals surface area contributed by atoms with E-state index in [-0.39, 0.29) is 6.79 Å². The van der Waals surface area contributed by atoms with Gasteiger partial charge in [-0.25, -0.2) is 4.98 Å². The number of thiazole rings is 1. The highest BCUT2D eigenvalue weighted by molar-refractivity contribution is 9.10. The lowest BCUT2D eigenvalue weighted by Gasteiger charge is -2.09. The fourth-order valence-corrected chi connectivity index (χ4v) is 3.53. The molecule has 7 heteroatoms. The average molecular weight is 393 g/mol. The molecule has 1 aromatic heterocycles. The summed E-state index contributed by atoms with van der Waals surface area (Å²) in [7, 11) is 0. The zero-order valence-corrected chi connectivity index (χ0v) is 12.9. The molecular formula is C11H7Br2NO3S. The van der Waals surface area contributed by atoms with Crippen LogP contribution in [0.1, 0.15) is 16.7 Å². The summed E-state index contributed by atoms with van der Waals surface area (Å²) in [6.45, 7) is 0.205. The monoisotopic (exact) mass is 391 g/mol. The summed E-state index contributed by atoms with van der Waals surface area (Å²) in [6.07, 6.45) is -0.771. The van der Waals surface area contributed by atoms with Crippen LogP contribution in [-0.2, 0) is 0 Å². The molecule has 4 nitrogen and oxygen atoms in total. The topological polar surface area (TPSA) is 51.6 Å². The Kier molecular flexibility index (Phi) is 3.31. The molecule has 0 spiro atoms. The molecule has 18 heavy (non-hydrogen) atoms. The van der Waals surface area contributed by atoms with Crippen LogP contribution in [0.2, 0.25) is 0 Å². The van der Waals surface area contributed by atoms with Crippen molar-refractivity contribution in [1.29, 1.82) is 0 Å². The summed E-state index contributed by atoms with van der Waals surface area (Å²) in [6, 6.07) is 3.58. The molecule has 1 aliphatic rings. The van der Waals surface area contributed by atoms with Gasteiger partial charge in [0.1, 0.15) is 15.7 Å². The van der Waals surface area contributed by atoms with Gasteiger partial charge in [0.05, 0.1) is 4.47 Å². The van der Waals surface area contributed by atoms with Crippen LogP contribution in [0.25, 0.3) is 0 Å². The van der Waals surface area contributed by atoms with Crippen LogP contribution < -0.4 is 9.47 Å². The van der Waals surface area contributed by atoms with Crippen LogP contribution in [0, 0.1) is 0 Å². The van der Waals surface area contributed by atoms with Crippen molar-refractivity contribution in [1.82, 2.24) is 4.98 Å². The van der Waals surface area contributed by atoms with E-state index in [4.69, 9.17) is 9.47 Å². The van der Waals surface area contributed by atoms with Gasteiger partial charge in [0.25, 0.3) is 0 Å². The lowest BCUT2D eigenvalue weighted by atomic mass is 10.1. The highest BCUT2D eigenvalue weighted by Gasteiger charge is 2.22. The smallest absolute Gasteiger partial charge is 0.231 e. The second-order valence-corrected chi connectivity index (χ2v) is 6.20. The molecule has 0 radical (unpaired) electrons. The number of ether oxygens (including phenoxy) is 2. The van der Waals surface area contributed by atoms with E-state index in [1.807, 2.05) is 11.4 Å². The zero-order valence-electron chi connectivity index (χ0n) is 8.89. The first kappa shape index (κ1) is 12.4. The number of rotatable bonds is 2. The SMILES string of the molecule is OC(c1cc(Br)c2c(c1)OCO2)c1nc(Br)cs1. The van der Waals surface area contributed by atoms with Gasteiger partial charge in [-0.05, 0) is 49.6 Å². The number of aliphatic hydroxyl groups excluding tert-OH is 1. The van der Waals surface area contributed by atoms with Crippen LogP contribution in [0.4, 0.5) is 0 Å². The van der Waals surface area contributed by atoms with Crippen molar-refractivity contribution in [2.24, 2.45) is 0 Å². The zero-order chi connectivity index (χ0) is 12.7. The van der Waals surface area contributed by atoms with E-state index in [1.54, 1.807) is 6.07 Å². The second-order valence-electron chi connectivity index (χ2n) is 3.65. The first-order valence-electron chi connectivity index (χ1n) is 5.03. The summed E-state index contributed by atoms with van der Waals surface area (Å²) < 4.78 is 12.1. The molecule has 0 saturated heterocycles. The first-order chi connectivity index (χ1) is 8.65. The van der Waals surface area contributed by atoms with Crippen molar-refractivity contribution in [2.45, 2.75) is 6.10 Å². The van der Waals surface area contributed by atoms with Crippen molar-refractivity contribution in [3.8, 4) is 11.5 Å². The number of nitrogens with zero attached hydrogens (tertiary/aromatic N) is 1. The normalized spacial score (nSPS) is 14.8. The molecular weight excluding hydrogens is 386 g/mol. The molecule has 1 aliphatic heterocycles. The number of aromatic nitrogens is 1. The molecule has 0 aliphatic carbocycles. The third kappa shape index (κ3) is 2.16. The molecule has 1 N–H and O–H groups in total. The summed E-state index contributed by atoms with van der Waals surface area (Å²) in [5.74, 6) is 1.31. The lowest BCUT2D eigenvalue weighted by Crippen LogP contribution is -1.99. The van der Waals surface area contributed by atoms with E-state index in [0.717, 1.165) is 9.08 Å². The Morgan fingerprint density at radius 3 is 2.89 bits per heavy atom. The van der Waals surface area contributed by atoms with Crippen LogP contribution >= 0.6 is 43.2 Å². The number of hydrogen-bond donors (Lipinski definition) is 1.